The number of rotatable bonds is 10. The molecule has 0 heterocycles. The fraction of sp³-hybridized carbons (Fsp3) is 0.318. The molecular weight excluding hydrogens is 376 g/mol. The third-order valence-electron chi connectivity index (χ3n) is 4.18. The predicted octanol–water partition coefficient (Wildman–Crippen LogP) is 3.53. The lowest BCUT2D eigenvalue weighted by atomic mass is 10.1. The Morgan fingerprint density at radius 1 is 0.793 bits per heavy atom. The maximum Gasteiger partial charge on any atom is 0.330 e. The molecule has 0 atom stereocenters. The van der Waals surface area contributed by atoms with Gasteiger partial charge in [-0.15, -0.1) is 0 Å². The molecule has 7 heteroatoms. The van der Waals surface area contributed by atoms with Gasteiger partial charge in [-0.25, -0.2) is 4.79 Å². The van der Waals surface area contributed by atoms with Gasteiger partial charge in [0.05, 0.1) is 42.2 Å². The van der Waals surface area contributed by atoms with Gasteiger partial charge in [0.15, 0.2) is 23.0 Å². The van der Waals surface area contributed by atoms with Crippen LogP contribution in [0, 0.1) is 0 Å². The highest BCUT2D eigenvalue weighted by Crippen LogP contribution is 2.38. The molecule has 2 aromatic carbocycles. The molecule has 0 spiro atoms. The first-order chi connectivity index (χ1) is 14.1. The van der Waals surface area contributed by atoms with Crippen LogP contribution >= 0.6 is 0 Å². The fourth-order valence-electron chi connectivity index (χ4n) is 2.72. The minimum absolute atomic E-state index is 0.244. The molecule has 29 heavy (non-hydrogen) atoms. The van der Waals surface area contributed by atoms with Crippen LogP contribution in [0.4, 0.5) is 0 Å². The molecule has 0 fully saturated rings. The summed E-state index contributed by atoms with van der Waals surface area (Å²) in [6, 6.07) is 9.07. The summed E-state index contributed by atoms with van der Waals surface area (Å²) in [7, 11) is 7.77. The van der Waals surface area contributed by atoms with E-state index >= 15 is 0 Å². The Morgan fingerprint density at radius 2 is 1.41 bits per heavy atom. The Morgan fingerprint density at radius 3 is 1.97 bits per heavy atom. The van der Waals surface area contributed by atoms with Gasteiger partial charge in [0.25, 0.3) is 0 Å². The Balaban J connectivity index is 1.96. The van der Waals surface area contributed by atoms with E-state index in [-0.39, 0.29) is 6.61 Å². The first kappa shape index (κ1) is 21.9. The second kappa shape index (κ2) is 10.8. The molecule has 0 saturated heterocycles. The van der Waals surface area contributed by atoms with E-state index in [1.165, 1.54) is 27.4 Å². The molecule has 0 aromatic heterocycles. The van der Waals surface area contributed by atoms with E-state index in [4.69, 9.17) is 28.4 Å². The molecule has 0 aliphatic carbocycles. The first-order valence-corrected chi connectivity index (χ1v) is 8.92. The lowest BCUT2D eigenvalue weighted by molar-refractivity contribution is -0.137. The summed E-state index contributed by atoms with van der Waals surface area (Å²) in [5.41, 5.74) is 1.69. The highest BCUT2D eigenvalue weighted by atomic mass is 16.5. The maximum absolute atomic E-state index is 12.0. The molecule has 0 N–H and O–H groups in total. The van der Waals surface area contributed by atoms with Gasteiger partial charge in [-0.05, 0) is 41.5 Å². The average Bonchev–Trinajstić information content (AvgIpc) is 2.76. The van der Waals surface area contributed by atoms with E-state index in [1.54, 1.807) is 32.4 Å². The van der Waals surface area contributed by atoms with Gasteiger partial charge >= 0.3 is 5.97 Å². The Hall–Kier alpha value is -3.35. The Bertz CT molecular complexity index is 833. The largest absolute Gasteiger partial charge is 0.493 e. The van der Waals surface area contributed by atoms with Gasteiger partial charge in [0.2, 0.25) is 5.75 Å². The quantitative estimate of drug-likeness (QED) is 0.445. The average molecular weight is 402 g/mol. The summed E-state index contributed by atoms with van der Waals surface area (Å²) >= 11 is 0. The first-order valence-electron chi connectivity index (χ1n) is 8.92. The molecule has 0 saturated carbocycles. The molecule has 0 unspecified atom stereocenters. The van der Waals surface area contributed by atoms with Crippen molar-refractivity contribution in [1.82, 2.24) is 0 Å². The maximum atomic E-state index is 12.0. The minimum atomic E-state index is -0.445. The minimum Gasteiger partial charge on any atom is -0.493 e. The Labute approximate surface area is 170 Å². The van der Waals surface area contributed by atoms with E-state index in [2.05, 4.69) is 0 Å². The van der Waals surface area contributed by atoms with E-state index < -0.39 is 5.97 Å². The number of methoxy groups -OCH3 is 5. The van der Waals surface area contributed by atoms with E-state index in [1.807, 2.05) is 18.2 Å². The predicted molar refractivity (Wildman–Crippen MR) is 109 cm³/mol. The molecule has 156 valence electrons. The van der Waals surface area contributed by atoms with Crippen LogP contribution in [-0.4, -0.2) is 48.1 Å². The van der Waals surface area contributed by atoms with E-state index in [0.29, 0.717) is 35.2 Å². The number of hydrogen-bond acceptors (Lipinski definition) is 7. The zero-order valence-corrected chi connectivity index (χ0v) is 17.3. The van der Waals surface area contributed by atoms with Crippen molar-refractivity contribution in [3.8, 4) is 28.7 Å². The third kappa shape index (κ3) is 5.81. The monoisotopic (exact) mass is 402 g/mol. The summed E-state index contributed by atoms with van der Waals surface area (Å²) in [5.74, 6) is 2.35. The van der Waals surface area contributed by atoms with Gasteiger partial charge in [-0.2, -0.15) is 0 Å². The Kier molecular flexibility index (Phi) is 8.21. The number of esters is 1. The van der Waals surface area contributed by atoms with Crippen molar-refractivity contribution in [1.29, 1.82) is 0 Å². The van der Waals surface area contributed by atoms with Crippen LogP contribution in [0.25, 0.3) is 6.08 Å². The van der Waals surface area contributed by atoms with Crippen molar-refractivity contribution >= 4 is 12.0 Å². The van der Waals surface area contributed by atoms with Crippen LogP contribution in [0.1, 0.15) is 11.1 Å². The standard InChI is InChI=1S/C22H26O7/c1-24-17-8-6-15(12-18(17)25-2)10-11-29-21(23)9-7-16-13-19(26-3)22(28-5)20(14-16)27-4/h6-9,12-14H,10-11H2,1-5H3/b9-7+. The van der Waals surface area contributed by atoms with Crippen LogP contribution in [0.2, 0.25) is 0 Å². The van der Waals surface area contributed by atoms with Crippen molar-refractivity contribution in [3.05, 3.63) is 47.5 Å². The van der Waals surface area contributed by atoms with Gasteiger partial charge < -0.3 is 28.4 Å². The van der Waals surface area contributed by atoms with Crippen LogP contribution in [0.15, 0.2) is 36.4 Å². The van der Waals surface area contributed by atoms with Gasteiger partial charge in [0.1, 0.15) is 0 Å². The molecule has 0 aliphatic rings. The van der Waals surface area contributed by atoms with E-state index in [9.17, 15) is 4.79 Å². The van der Waals surface area contributed by atoms with Crippen molar-refractivity contribution in [2.24, 2.45) is 0 Å². The molecule has 7 nitrogen and oxygen atoms in total. The summed E-state index contributed by atoms with van der Waals surface area (Å²) in [6.45, 7) is 0.244. The topological polar surface area (TPSA) is 72.5 Å². The van der Waals surface area contributed by atoms with Gasteiger partial charge in [-0.3, -0.25) is 0 Å². The lowest BCUT2D eigenvalue weighted by Crippen LogP contribution is -2.05. The zero-order valence-electron chi connectivity index (χ0n) is 17.3. The second-order valence-electron chi connectivity index (χ2n) is 5.90. The molecule has 2 aromatic rings. The van der Waals surface area contributed by atoms with Crippen molar-refractivity contribution in [2.75, 3.05) is 42.2 Å². The highest BCUT2D eigenvalue weighted by molar-refractivity contribution is 5.87. The summed E-state index contributed by atoms with van der Waals surface area (Å²) in [6.07, 6.45) is 3.54. The molecule has 0 bridgehead atoms. The van der Waals surface area contributed by atoms with Crippen molar-refractivity contribution in [2.45, 2.75) is 6.42 Å². The molecule has 2 rings (SSSR count). The summed E-state index contributed by atoms with van der Waals surface area (Å²) in [5, 5.41) is 0. The number of carbonyl (C=O) groups excluding carboxylic acids is 1. The van der Waals surface area contributed by atoms with Crippen LogP contribution in [-0.2, 0) is 16.0 Å². The van der Waals surface area contributed by atoms with Crippen LogP contribution in [0.3, 0.4) is 0 Å². The third-order valence-corrected chi connectivity index (χ3v) is 4.18. The normalized spacial score (nSPS) is 10.5. The SMILES string of the molecule is COc1ccc(CCOC(=O)/C=C/c2cc(OC)c(OC)c(OC)c2)cc1OC. The molecular formula is C22H26O7. The highest BCUT2D eigenvalue weighted by Gasteiger charge is 2.12. The van der Waals surface area contributed by atoms with Crippen LogP contribution < -0.4 is 23.7 Å². The van der Waals surface area contributed by atoms with Crippen molar-refractivity contribution in [3.63, 3.8) is 0 Å². The molecule has 0 amide bonds. The van der Waals surface area contributed by atoms with Gasteiger partial charge in [-0.1, -0.05) is 6.07 Å². The zero-order chi connectivity index (χ0) is 21.2. The van der Waals surface area contributed by atoms with Crippen LogP contribution in [0.5, 0.6) is 28.7 Å². The molecule has 0 radical (unpaired) electrons. The summed E-state index contributed by atoms with van der Waals surface area (Å²) < 4.78 is 31.6. The number of benzene rings is 2. The van der Waals surface area contributed by atoms with Gasteiger partial charge in [0, 0.05) is 12.5 Å². The second-order valence-corrected chi connectivity index (χ2v) is 5.90. The fourth-order valence-corrected chi connectivity index (χ4v) is 2.72. The van der Waals surface area contributed by atoms with E-state index in [0.717, 1.165) is 11.1 Å². The number of ether oxygens (including phenoxy) is 6. The summed E-state index contributed by atoms with van der Waals surface area (Å²) in [4.78, 5) is 12.0. The van der Waals surface area contributed by atoms with Crippen molar-refractivity contribution < 1.29 is 33.2 Å². The number of carbonyl (C=O) groups is 1. The lowest BCUT2D eigenvalue weighted by Gasteiger charge is -2.12. The number of hydrogen-bond donors (Lipinski definition) is 0. The molecule has 0 aliphatic heterocycles. The smallest absolute Gasteiger partial charge is 0.330 e.